The van der Waals surface area contributed by atoms with Gasteiger partial charge in [0, 0.05) is 5.41 Å². The molecule has 20 heavy (non-hydrogen) atoms. The molecule has 2 N–H and O–H groups in total. The molecule has 0 spiro atoms. The van der Waals surface area contributed by atoms with Crippen LogP contribution in [-0.4, -0.2) is 4.21 Å². The molecule has 1 saturated carbocycles. The topological polar surface area (TPSA) is 52.3 Å². The van der Waals surface area contributed by atoms with E-state index in [1.54, 1.807) is 0 Å². The molecular formula is C15H19NO2S2. The molecule has 3 nitrogen and oxygen atoms in total. The standard InChI is InChI=1S/C15H19NO2S2/c16-19-18-12-7-8-13-14(10-20(17)15(13)9-12)11-5-3-1-2-4-6-11/h7-11H,1-6,16H2. The molecule has 1 aromatic rings. The first-order valence-corrected chi connectivity index (χ1v) is 9.11. The van der Waals surface area contributed by atoms with Crippen molar-refractivity contribution in [1.29, 1.82) is 0 Å². The second kappa shape index (κ2) is 6.33. The van der Waals surface area contributed by atoms with Crippen LogP contribution in [0.15, 0.2) is 28.5 Å². The second-order valence-corrected chi connectivity index (χ2v) is 7.03. The summed E-state index contributed by atoms with van der Waals surface area (Å²) >= 11 is 0.817. The molecule has 108 valence electrons. The molecule has 1 aliphatic heterocycles. The minimum Gasteiger partial charge on any atom is -0.410 e. The number of hydrogen-bond donors (Lipinski definition) is 1. The van der Waals surface area contributed by atoms with Crippen molar-refractivity contribution in [1.82, 2.24) is 0 Å². The van der Waals surface area contributed by atoms with E-state index < -0.39 is 10.8 Å². The Bertz CT molecular complexity index is 549. The van der Waals surface area contributed by atoms with Crippen LogP contribution in [0, 0.1) is 5.92 Å². The van der Waals surface area contributed by atoms with Crippen molar-refractivity contribution < 1.29 is 8.39 Å². The van der Waals surface area contributed by atoms with Crippen LogP contribution in [0.5, 0.6) is 5.75 Å². The van der Waals surface area contributed by atoms with Crippen LogP contribution in [0.4, 0.5) is 0 Å². The SMILES string of the molecule is NSOc1ccc2c(c1)S(=O)C=C2C1CCCCCC1. The summed E-state index contributed by atoms with van der Waals surface area (Å²) in [5.41, 5.74) is 2.43. The highest BCUT2D eigenvalue weighted by atomic mass is 32.2. The lowest BCUT2D eigenvalue weighted by Crippen LogP contribution is -2.01. The summed E-state index contributed by atoms with van der Waals surface area (Å²) in [6.07, 6.45) is 7.68. The van der Waals surface area contributed by atoms with Crippen molar-refractivity contribution in [2.45, 2.75) is 43.4 Å². The summed E-state index contributed by atoms with van der Waals surface area (Å²) in [6, 6.07) is 5.79. The molecular weight excluding hydrogens is 290 g/mol. The van der Waals surface area contributed by atoms with Crippen LogP contribution in [0.1, 0.15) is 44.1 Å². The lowest BCUT2D eigenvalue weighted by atomic mass is 9.88. The van der Waals surface area contributed by atoms with E-state index in [0.29, 0.717) is 11.7 Å². The maximum absolute atomic E-state index is 12.3. The highest BCUT2D eigenvalue weighted by Gasteiger charge is 2.27. The third-order valence-corrected chi connectivity index (χ3v) is 5.68. The van der Waals surface area contributed by atoms with Crippen molar-refractivity contribution >= 4 is 28.6 Å². The smallest absolute Gasteiger partial charge is 0.140 e. The molecule has 0 aromatic heterocycles. The molecule has 0 saturated heterocycles. The van der Waals surface area contributed by atoms with E-state index in [1.165, 1.54) is 44.1 Å². The average molecular weight is 309 g/mol. The van der Waals surface area contributed by atoms with Gasteiger partial charge in [-0.2, -0.15) is 0 Å². The van der Waals surface area contributed by atoms with Gasteiger partial charge in [0.2, 0.25) is 0 Å². The van der Waals surface area contributed by atoms with E-state index in [4.69, 9.17) is 9.32 Å². The van der Waals surface area contributed by atoms with Crippen LogP contribution in [0.25, 0.3) is 5.57 Å². The van der Waals surface area contributed by atoms with E-state index >= 15 is 0 Å². The molecule has 0 bridgehead atoms. The summed E-state index contributed by atoms with van der Waals surface area (Å²) in [4.78, 5) is 0.871. The number of rotatable bonds is 3. The zero-order chi connectivity index (χ0) is 13.9. The van der Waals surface area contributed by atoms with Crippen molar-refractivity contribution in [2.75, 3.05) is 0 Å². The molecule has 0 amide bonds. The van der Waals surface area contributed by atoms with Gasteiger partial charge in [-0.3, -0.25) is 0 Å². The fourth-order valence-electron chi connectivity index (χ4n) is 3.16. The van der Waals surface area contributed by atoms with Gasteiger partial charge < -0.3 is 4.18 Å². The third-order valence-electron chi connectivity index (χ3n) is 4.15. The van der Waals surface area contributed by atoms with E-state index in [0.717, 1.165) is 22.7 Å². The van der Waals surface area contributed by atoms with Gasteiger partial charge in [0.05, 0.1) is 15.7 Å². The summed E-state index contributed by atoms with van der Waals surface area (Å²) < 4.78 is 17.5. The van der Waals surface area contributed by atoms with Crippen LogP contribution in [0.3, 0.4) is 0 Å². The highest BCUT2D eigenvalue weighted by molar-refractivity contribution is 7.92. The Morgan fingerprint density at radius 3 is 2.65 bits per heavy atom. The maximum atomic E-state index is 12.3. The van der Waals surface area contributed by atoms with E-state index in [2.05, 4.69) is 0 Å². The fraction of sp³-hybridized carbons (Fsp3) is 0.467. The Hall–Kier alpha value is -0.780. The lowest BCUT2D eigenvalue weighted by Gasteiger charge is -2.16. The van der Waals surface area contributed by atoms with Gasteiger partial charge in [-0.15, -0.1) is 0 Å². The van der Waals surface area contributed by atoms with Gasteiger partial charge in [-0.05, 0) is 48.1 Å². The minimum atomic E-state index is -1.04. The Morgan fingerprint density at radius 2 is 1.95 bits per heavy atom. The second-order valence-electron chi connectivity index (χ2n) is 5.40. The predicted octanol–water partition coefficient (Wildman–Crippen LogP) is 4.02. The fourth-order valence-corrected chi connectivity index (χ4v) is 4.69. The van der Waals surface area contributed by atoms with Gasteiger partial charge in [-0.1, -0.05) is 25.7 Å². The molecule has 1 fully saturated rings. The Balaban J connectivity index is 1.89. The predicted molar refractivity (Wildman–Crippen MR) is 84.4 cm³/mol. The van der Waals surface area contributed by atoms with Crippen molar-refractivity contribution in [3.8, 4) is 5.75 Å². The van der Waals surface area contributed by atoms with Crippen molar-refractivity contribution in [3.05, 3.63) is 29.2 Å². The summed E-state index contributed by atoms with van der Waals surface area (Å²) in [5.74, 6) is 1.23. The summed E-state index contributed by atoms with van der Waals surface area (Å²) in [5, 5.41) is 7.25. The van der Waals surface area contributed by atoms with Gasteiger partial charge >= 0.3 is 0 Å². The van der Waals surface area contributed by atoms with E-state index in [-0.39, 0.29) is 0 Å². The van der Waals surface area contributed by atoms with Crippen LogP contribution < -0.4 is 9.32 Å². The largest absolute Gasteiger partial charge is 0.410 e. The molecule has 1 unspecified atom stereocenters. The lowest BCUT2D eigenvalue weighted by molar-refractivity contribution is 0.574. The van der Waals surface area contributed by atoms with Crippen LogP contribution >= 0.6 is 12.2 Å². The van der Waals surface area contributed by atoms with Crippen molar-refractivity contribution in [3.63, 3.8) is 0 Å². The van der Waals surface area contributed by atoms with Gasteiger partial charge in [0.25, 0.3) is 0 Å². The Kier molecular flexibility index (Phi) is 4.48. The maximum Gasteiger partial charge on any atom is 0.140 e. The number of allylic oxidation sites excluding steroid dienone is 1. The number of benzene rings is 1. The zero-order valence-corrected chi connectivity index (χ0v) is 13.0. The molecule has 1 atom stereocenters. The normalized spacial score (nSPS) is 23.1. The third kappa shape index (κ3) is 2.80. The molecule has 1 aromatic carbocycles. The number of fused-ring (bicyclic) bond motifs is 1. The first kappa shape index (κ1) is 14.2. The number of hydrogen-bond acceptors (Lipinski definition) is 4. The molecule has 2 aliphatic rings. The van der Waals surface area contributed by atoms with Crippen molar-refractivity contribution in [2.24, 2.45) is 11.1 Å². The first-order valence-electron chi connectivity index (χ1n) is 7.09. The minimum absolute atomic E-state index is 0.568. The molecule has 1 aliphatic carbocycles. The molecule has 3 rings (SSSR count). The van der Waals surface area contributed by atoms with Gasteiger partial charge in [0.15, 0.2) is 0 Å². The molecule has 1 heterocycles. The summed E-state index contributed by atoms with van der Waals surface area (Å²) in [6.45, 7) is 0. The Morgan fingerprint density at radius 1 is 1.20 bits per heavy atom. The quantitative estimate of drug-likeness (QED) is 0.520. The van der Waals surface area contributed by atoms with E-state index in [9.17, 15) is 4.21 Å². The first-order chi connectivity index (χ1) is 9.79. The van der Waals surface area contributed by atoms with E-state index in [1.807, 2.05) is 23.6 Å². The van der Waals surface area contributed by atoms with Crippen LogP contribution in [-0.2, 0) is 10.8 Å². The monoisotopic (exact) mass is 309 g/mol. The summed E-state index contributed by atoms with van der Waals surface area (Å²) in [7, 11) is -1.04. The number of nitrogens with two attached hydrogens (primary N) is 1. The van der Waals surface area contributed by atoms with Crippen LogP contribution in [0.2, 0.25) is 0 Å². The molecule has 5 heteroatoms. The molecule has 0 radical (unpaired) electrons. The zero-order valence-electron chi connectivity index (χ0n) is 11.3. The van der Waals surface area contributed by atoms with Gasteiger partial charge in [0.1, 0.15) is 18.0 Å². The van der Waals surface area contributed by atoms with Gasteiger partial charge in [-0.25, -0.2) is 9.35 Å². The highest BCUT2D eigenvalue weighted by Crippen LogP contribution is 2.42. The Labute approximate surface area is 126 Å². The average Bonchev–Trinajstić information content (AvgIpc) is 2.66.